The Hall–Kier alpha value is -1.40. The molecular formula is C14H19N3O2S. The van der Waals surface area contributed by atoms with E-state index in [0.717, 1.165) is 30.2 Å². The molecule has 2 aliphatic heterocycles. The molecule has 1 unspecified atom stereocenters. The lowest BCUT2D eigenvalue weighted by Crippen LogP contribution is -2.41. The number of para-hydroxylation sites is 2. The molecule has 0 spiro atoms. The summed E-state index contributed by atoms with van der Waals surface area (Å²) in [6.07, 6.45) is 1.22. The third-order valence-electron chi connectivity index (χ3n) is 3.73. The highest BCUT2D eigenvalue weighted by molar-refractivity contribution is 8.00. The van der Waals surface area contributed by atoms with Gasteiger partial charge in [-0.1, -0.05) is 12.1 Å². The molecule has 4 N–H and O–H groups in total. The van der Waals surface area contributed by atoms with Crippen molar-refractivity contribution in [3.63, 3.8) is 0 Å². The summed E-state index contributed by atoms with van der Waals surface area (Å²) in [6, 6.07) is 7.86. The number of benzene rings is 1. The topological polar surface area (TPSA) is 73.4 Å². The first-order chi connectivity index (χ1) is 9.67. The van der Waals surface area contributed by atoms with Crippen LogP contribution >= 0.6 is 11.8 Å². The fourth-order valence-electron chi connectivity index (χ4n) is 2.71. The van der Waals surface area contributed by atoms with Crippen LogP contribution in [-0.2, 0) is 4.79 Å². The molecule has 0 bridgehead atoms. The van der Waals surface area contributed by atoms with Crippen LogP contribution in [0.25, 0.3) is 0 Å². The number of rotatable bonds is 5. The molecule has 0 saturated carbocycles. The molecule has 1 aromatic carbocycles. The minimum atomic E-state index is -0.796. The number of hydrogen-bond donors (Lipinski definition) is 4. The Morgan fingerprint density at radius 1 is 1.35 bits per heavy atom. The maximum atomic E-state index is 11.2. The van der Waals surface area contributed by atoms with Crippen molar-refractivity contribution in [3.05, 3.63) is 24.3 Å². The predicted octanol–water partition coefficient (Wildman–Crippen LogP) is 2.00. The van der Waals surface area contributed by atoms with Crippen LogP contribution < -0.4 is 16.0 Å². The van der Waals surface area contributed by atoms with Crippen molar-refractivity contribution in [2.24, 2.45) is 5.92 Å². The van der Waals surface area contributed by atoms with Gasteiger partial charge in [0.2, 0.25) is 0 Å². The Bertz CT molecular complexity index is 478. The van der Waals surface area contributed by atoms with Gasteiger partial charge in [0.1, 0.15) is 0 Å². The molecule has 5 nitrogen and oxygen atoms in total. The maximum absolute atomic E-state index is 11.2. The standard InChI is InChI=1S/C14H19N3O2S/c18-13(19)7-14(20-9-10-5-6-15-8-10)16-11-3-1-2-4-12(11)17-14/h1-4,10,15-17H,5-9H2,(H,18,19). The predicted molar refractivity (Wildman–Crippen MR) is 82.1 cm³/mol. The number of anilines is 2. The van der Waals surface area contributed by atoms with Crippen LogP contribution in [0.15, 0.2) is 24.3 Å². The summed E-state index contributed by atoms with van der Waals surface area (Å²) < 4.78 is 0. The van der Waals surface area contributed by atoms with E-state index in [9.17, 15) is 9.90 Å². The largest absolute Gasteiger partial charge is 0.481 e. The van der Waals surface area contributed by atoms with Gasteiger partial charge in [-0.05, 0) is 37.6 Å². The fraction of sp³-hybridized carbons (Fsp3) is 0.500. The summed E-state index contributed by atoms with van der Waals surface area (Å²) >= 11 is 1.67. The van der Waals surface area contributed by atoms with E-state index in [1.54, 1.807) is 11.8 Å². The number of hydrogen-bond acceptors (Lipinski definition) is 5. The van der Waals surface area contributed by atoms with Crippen molar-refractivity contribution in [2.75, 3.05) is 29.5 Å². The van der Waals surface area contributed by atoms with Gasteiger partial charge in [0, 0.05) is 5.75 Å². The highest BCUT2D eigenvalue weighted by Crippen LogP contribution is 2.42. The van der Waals surface area contributed by atoms with E-state index in [-0.39, 0.29) is 6.42 Å². The van der Waals surface area contributed by atoms with Crippen LogP contribution in [0.3, 0.4) is 0 Å². The Kier molecular flexibility index (Phi) is 3.76. The highest BCUT2D eigenvalue weighted by atomic mass is 32.2. The summed E-state index contributed by atoms with van der Waals surface area (Å²) in [5.41, 5.74) is 1.96. The maximum Gasteiger partial charge on any atom is 0.308 e. The van der Waals surface area contributed by atoms with Gasteiger partial charge in [0.25, 0.3) is 0 Å². The summed E-state index contributed by atoms with van der Waals surface area (Å²) in [4.78, 5) is 10.6. The van der Waals surface area contributed by atoms with Gasteiger partial charge in [0.15, 0.2) is 4.99 Å². The summed E-state index contributed by atoms with van der Waals surface area (Å²) in [6.45, 7) is 2.10. The molecule has 0 aromatic heterocycles. The third kappa shape index (κ3) is 2.86. The summed E-state index contributed by atoms with van der Waals surface area (Å²) in [5, 5.41) is 19.3. The number of carboxylic acid groups (broad SMARTS) is 1. The van der Waals surface area contributed by atoms with Gasteiger partial charge >= 0.3 is 5.97 Å². The summed E-state index contributed by atoms with van der Waals surface area (Å²) in [7, 11) is 0. The smallest absolute Gasteiger partial charge is 0.308 e. The molecular weight excluding hydrogens is 274 g/mol. The zero-order chi connectivity index (χ0) is 14.0. The second-order valence-corrected chi connectivity index (χ2v) is 6.68. The lowest BCUT2D eigenvalue weighted by Gasteiger charge is -2.29. The first-order valence-corrected chi connectivity index (χ1v) is 7.87. The van der Waals surface area contributed by atoms with E-state index < -0.39 is 11.0 Å². The van der Waals surface area contributed by atoms with Crippen LogP contribution in [-0.4, -0.2) is 34.9 Å². The number of aliphatic carboxylic acids is 1. The van der Waals surface area contributed by atoms with Gasteiger partial charge < -0.3 is 21.1 Å². The normalized spacial score (nSPS) is 22.9. The van der Waals surface area contributed by atoms with E-state index >= 15 is 0 Å². The zero-order valence-corrected chi connectivity index (χ0v) is 12.0. The van der Waals surface area contributed by atoms with Crippen molar-refractivity contribution >= 4 is 29.1 Å². The van der Waals surface area contributed by atoms with Crippen molar-refractivity contribution < 1.29 is 9.90 Å². The molecule has 6 heteroatoms. The Balaban J connectivity index is 1.71. The molecule has 0 radical (unpaired) electrons. The Morgan fingerprint density at radius 2 is 2.05 bits per heavy atom. The Morgan fingerprint density at radius 3 is 2.60 bits per heavy atom. The molecule has 1 atom stereocenters. The molecule has 2 aliphatic rings. The quantitative estimate of drug-likeness (QED) is 0.665. The van der Waals surface area contributed by atoms with Gasteiger partial charge in [-0.15, -0.1) is 11.8 Å². The van der Waals surface area contributed by atoms with Crippen molar-refractivity contribution in [1.29, 1.82) is 0 Å². The molecule has 1 aromatic rings. The number of fused-ring (bicyclic) bond motifs is 1. The molecule has 108 valence electrons. The van der Waals surface area contributed by atoms with Crippen molar-refractivity contribution in [2.45, 2.75) is 17.8 Å². The molecule has 0 aliphatic carbocycles. The average Bonchev–Trinajstić information content (AvgIpc) is 3.02. The first-order valence-electron chi connectivity index (χ1n) is 6.89. The highest BCUT2D eigenvalue weighted by Gasteiger charge is 2.39. The molecule has 2 heterocycles. The second-order valence-electron chi connectivity index (χ2n) is 5.36. The van der Waals surface area contributed by atoms with Crippen LogP contribution in [0.2, 0.25) is 0 Å². The van der Waals surface area contributed by atoms with E-state index in [0.29, 0.717) is 5.92 Å². The van der Waals surface area contributed by atoms with E-state index in [4.69, 9.17) is 0 Å². The van der Waals surface area contributed by atoms with Gasteiger partial charge in [0.05, 0.1) is 17.8 Å². The monoisotopic (exact) mass is 293 g/mol. The minimum Gasteiger partial charge on any atom is -0.481 e. The molecule has 1 fully saturated rings. The number of nitrogens with one attached hydrogen (secondary N) is 3. The third-order valence-corrected chi connectivity index (χ3v) is 5.21. The van der Waals surface area contributed by atoms with Gasteiger partial charge in [-0.2, -0.15) is 0 Å². The SMILES string of the molecule is O=C(O)CC1(SCC2CCNC2)Nc2ccccc2N1. The fourth-order valence-corrected chi connectivity index (χ4v) is 4.10. The molecule has 1 saturated heterocycles. The van der Waals surface area contributed by atoms with Gasteiger partial charge in [-0.3, -0.25) is 4.79 Å². The minimum absolute atomic E-state index is 0.0481. The van der Waals surface area contributed by atoms with E-state index in [2.05, 4.69) is 16.0 Å². The Labute approximate surface area is 122 Å². The van der Waals surface area contributed by atoms with Crippen LogP contribution in [0.4, 0.5) is 11.4 Å². The van der Waals surface area contributed by atoms with Crippen LogP contribution in [0.5, 0.6) is 0 Å². The van der Waals surface area contributed by atoms with E-state index in [1.165, 1.54) is 6.42 Å². The summed E-state index contributed by atoms with van der Waals surface area (Å²) in [5.74, 6) is 0.779. The number of thioether (sulfide) groups is 1. The van der Waals surface area contributed by atoms with Crippen molar-refractivity contribution in [1.82, 2.24) is 5.32 Å². The lowest BCUT2D eigenvalue weighted by molar-refractivity contribution is -0.137. The van der Waals surface area contributed by atoms with Crippen molar-refractivity contribution in [3.8, 4) is 0 Å². The first kappa shape index (κ1) is 13.6. The average molecular weight is 293 g/mol. The number of carbonyl (C=O) groups is 1. The van der Waals surface area contributed by atoms with Crippen LogP contribution in [0, 0.1) is 5.92 Å². The van der Waals surface area contributed by atoms with E-state index in [1.807, 2.05) is 24.3 Å². The molecule has 0 amide bonds. The molecule has 3 rings (SSSR count). The van der Waals surface area contributed by atoms with Crippen LogP contribution in [0.1, 0.15) is 12.8 Å². The lowest BCUT2D eigenvalue weighted by atomic mass is 10.2. The second kappa shape index (κ2) is 5.54. The molecule has 20 heavy (non-hydrogen) atoms. The van der Waals surface area contributed by atoms with Gasteiger partial charge in [-0.25, -0.2) is 0 Å². The number of carboxylic acids is 1. The zero-order valence-electron chi connectivity index (χ0n) is 11.2.